The molecule has 2 aromatic carbocycles. The van der Waals surface area contributed by atoms with E-state index in [4.69, 9.17) is 4.74 Å². The first kappa shape index (κ1) is 27.1. The van der Waals surface area contributed by atoms with Crippen LogP contribution in [0.1, 0.15) is 33.9 Å². The molecule has 202 valence electrons. The van der Waals surface area contributed by atoms with Crippen molar-refractivity contribution in [2.45, 2.75) is 19.0 Å². The highest BCUT2D eigenvalue weighted by molar-refractivity contribution is 6.01. The quantitative estimate of drug-likeness (QED) is 0.386. The standard InChI is InChI=1S/C28H29N5O6/c1-32(17-19-6-3-2-4-7-19)28(38)30-21-9-10-24-22(14-21)27(37)33(12-13-39-24)18-25(34)31-23(15-26(35)36)20-8-5-11-29-16-20/h2-11,14,16,23H,12-13,15,17-18H2,1H3,(H,30,38)(H,31,34)(H,35,36). The smallest absolute Gasteiger partial charge is 0.321 e. The van der Waals surface area contributed by atoms with E-state index < -0.39 is 23.8 Å². The van der Waals surface area contributed by atoms with Crippen LogP contribution in [0.15, 0.2) is 73.1 Å². The number of anilines is 1. The molecule has 0 spiro atoms. The average molecular weight is 532 g/mol. The maximum Gasteiger partial charge on any atom is 0.321 e. The van der Waals surface area contributed by atoms with Gasteiger partial charge in [-0.2, -0.15) is 0 Å². The Morgan fingerprint density at radius 1 is 1.13 bits per heavy atom. The topological polar surface area (TPSA) is 141 Å². The van der Waals surface area contributed by atoms with Crippen molar-refractivity contribution >= 4 is 29.5 Å². The van der Waals surface area contributed by atoms with Crippen molar-refractivity contribution in [1.82, 2.24) is 20.1 Å². The third-order valence-corrected chi connectivity index (χ3v) is 6.11. The summed E-state index contributed by atoms with van der Waals surface area (Å²) in [6.07, 6.45) is 2.70. The number of rotatable bonds is 9. The number of aliphatic carboxylic acids is 1. The maximum atomic E-state index is 13.4. The number of ether oxygens (including phenoxy) is 1. The molecule has 39 heavy (non-hydrogen) atoms. The number of hydrogen-bond donors (Lipinski definition) is 3. The van der Waals surface area contributed by atoms with Crippen molar-refractivity contribution in [1.29, 1.82) is 0 Å². The number of pyridine rings is 1. The molecule has 1 aliphatic heterocycles. The summed E-state index contributed by atoms with van der Waals surface area (Å²) in [7, 11) is 1.67. The predicted octanol–water partition coefficient (Wildman–Crippen LogP) is 2.91. The third-order valence-electron chi connectivity index (χ3n) is 6.11. The highest BCUT2D eigenvalue weighted by Crippen LogP contribution is 2.27. The van der Waals surface area contributed by atoms with Crippen LogP contribution in [-0.4, -0.2) is 70.4 Å². The molecule has 0 saturated heterocycles. The molecule has 3 N–H and O–H groups in total. The van der Waals surface area contributed by atoms with Gasteiger partial charge in [-0.15, -0.1) is 0 Å². The van der Waals surface area contributed by atoms with Gasteiger partial charge in [-0.3, -0.25) is 19.4 Å². The summed E-state index contributed by atoms with van der Waals surface area (Å²) < 4.78 is 5.72. The molecule has 0 bridgehead atoms. The second-order valence-corrected chi connectivity index (χ2v) is 9.06. The number of carbonyl (C=O) groups is 4. The van der Waals surface area contributed by atoms with E-state index >= 15 is 0 Å². The third kappa shape index (κ3) is 7.31. The summed E-state index contributed by atoms with van der Waals surface area (Å²) in [5, 5.41) is 14.8. The predicted molar refractivity (Wildman–Crippen MR) is 142 cm³/mol. The average Bonchev–Trinajstić information content (AvgIpc) is 3.07. The summed E-state index contributed by atoms with van der Waals surface area (Å²) in [5.74, 6) is -1.70. The number of carbonyl (C=O) groups excluding carboxylic acids is 3. The number of carboxylic acids is 1. The van der Waals surface area contributed by atoms with Gasteiger partial charge in [0.05, 0.1) is 31.1 Å². The molecule has 3 aromatic rings. The van der Waals surface area contributed by atoms with Crippen molar-refractivity contribution in [3.63, 3.8) is 0 Å². The molecule has 1 atom stereocenters. The molecule has 4 rings (SSSR count). The first-order valence-corrected chi connectivity index (χ1v) is 12.3. The molecular weight excluding hydrogens is 502 g/mol. The minimum Gasteiger partial charge on any atom is -0.491 e. The zero-order valence-electron chi connectivity index (χ0n) is 21.4. The first-order chi connectivity index (χ1) is 18.8. The largest absolute Gasteiger partial charge is 0.491 e. The van der Waals surface area contributed by atoms with E-state index in [0.29, 0.717) is 23.5 Å². The van der Waals surface area contributed by atoms with Gasteiger partial charge in [0, 0.05) is 31.7 Å². The number of benzene rings is 2. The Kier molecular flexibility index (Phi) is 8.72. The lowest BCUT2D eigenvalue weighted by molar-refractivity contribution is -0.137. The SMILES string of the molecule is CN(Cc1ccccc1)C(=O)Nc1ccc2c(c1)C(=O)N(CC(=O)NC(CC(=O)O)c1cccnc1)CCO2. The van der Waals surface area contributed by atoms with Gasteiger partial charge < -0.3 is 30.3 Å². The van der Waals surface area contributed by atoms with Gasteiger partial charge in [-0.1, -0.05) is 36.4 Å². The Labute approximate surface area is 225 Å². The Balaban J connectivity index is 1.42. The normalized spacial score (nSPS) is 13.4. The molecule has 0 saturated carbocycles. The fourth-order valence-electron chi connectivity index (χ4n) is 4.16. The number of nitrogens with zero attached hydrogens (tertiary/aromatic N) is 3. The van der Waals surface area contributed by atoms with E-state index in [0.717, 1.165) is 5.56 Å². The number of fused-ring (bicyclic) bond motifs is 1. The lowest BCUT2D eigenvalue weighted by Crippen LogP contribution is -2.43. The van der Waals surface area contributed by atoms with E-state index in [1.807, 2.05) is 30.3 Å². The van der Waals surface area contributed by atoms with Crippen molar-refractivity contribution in [2.24, 2.45) is 0 Å². The number of nitrogens with one attached hydrogen (secondary N) is 2. The number of aromatic nitrogens is 1. The molecule has 0 radical (unpaired) electrons. The Morgan fingerprint density at radius 2 is 1.92 bits per heavy atom. The van der Waals surface area contributed by atoms with E-state index in [9.17, 15) is 24.3 Å². The van der Waals surface area contributed by atoms with Crippen LogP contribution in [-0.2, 0) is 16.1 Å². The highest BCUT2D eigenvalue weighted by atomic mass is 16.5. The Bertz CT molecular complexity index is 1330. The molecule has 0 aliphatic carbocycles. The molecule has 1 unspecified atom stereocenters. The van der Waals surface area contributed by atoms with Crippen molar-refractivity contribution in [3.8, 4) is 5.75 Å². The van der Waals surface area contributed by atoms with Gasteiger partial charge in [0.2, 0.25) is 5.91 Å². The van der Waals surface area contributed by atoms with Gasteiger partial charge in [0.25, 0.3) is 5.91 Å². The fourth-order valence-corrected chi connectivity index (χ4v) is 4.16. The zero-order valence-corrected chi connectivity index (χ0v) is 21.4. The second-order valence-electron chi connectivity index (χ2n) is 9.06. The van der Waals surface area contributed by atoms with Gasteiger partial charge in [-0.25, -0.2) is 4.79 Å². The van der Waals surface area contributed by atoms with Crippen LogP contribution >= 0.6 is 0 Å². The van der Waals surface area contributed by atoms with E-state index in [1.165, 1.54) is 22.1 Å². The Hall–Kier alpha value is -4.93. The van der Waals surface area contributed by atoms with E-state index in [1.54, 1.807) is 37.5 Å². The minimum atomic E-state index is -1.08. The zero-order chi connectivity index (χ0) is 27.8. The van der Waals surface area contributed by atoms with Crippen LogP contribution in [0.4, 0.5) is 10.5 Å². The van der Waals surface area contributed by atoms with Crippen molar-refractivity contribution < 1.29 is 29.0 Å². The number of urea groups is 1. The van der Waals surface area contributed by atoms with Crippen LogP contribution < -0.4 is 15.4 Å². The lowest BCUT2D eigenvalue weighted by atomic mass is 10.1. The highest BCUT2D eigenvalue weighted by Gasteiger charge is 2.27. The van der Waals surface area contributed by atoms with E-state index in [2.05, 4.69) is 15.6 Å². The minimum absolute atomic E-state index is 0.152. The molecule has 11 nitrogen and oxygen atoms in total. The number of carboxylic acid groups (broad SMARTS) is 1. The molecule has 11 heteroatoms. The summed E-state index contributed by atoms with van der Waals surface area (Å²) in [4.78, 5) is 57.1. The molecule has 2 heterocycles. The van der Waals surface area contributed by atoms with Gasteiger partial charge >= 0.3 is 12.0 Å². The second kappa shape index (κ2) is 12.5. The van der Waals surface area contributed by atoms with Crippen LogP contribution in [0.5, 0.6) is 5.75 Å². The van der Waals surface area contributed by atoms with Crippen LogP contribution in [0.25, 0.3) is 0 Å². The number of amides is 4. The number of hydrogen-bond acceptors (Lipinski definition) is 6. The Morgan fingerprint density at radius 3 is 2.64 bits per heavy atom. The molecule has 4 amide bonds. The summed E-state index contributed by atoms with van der Waals surface area (Å²) in [6.45, 7) is 0.427. The monoisotopic (exact) mass is 531 g/mol. The lowest BCUT2D eigenvalue weighted by Gasteiger charge is -2.22. The summed E-state index contributed by atoms with van der Waals surface area (Å²) in [5.41, 5.74) is 2.13. The maximum absolute atomic E-state index is 13.4. The summed E-state index contributed by atoms with van der Waals surface area (Å²) in [6, 6.07) is 16.5. The van der Waals surface area contributed by atoms with Gasteiger partial charge in [0.15, 0.2) is 0 Å². The van der Waals surface area contributed by atoms with Crippen molar-refractivity contribution in [2.75, 3.05) is 32.1 Å². The molecule has 1 aromatic heterocycles. The van der Waals surface area contributed by atoms with Crippen LogP contribution in [0.3, 0.4) is 0 Å². The fraction of sp³-hybridized carbons (Fsp3) is 0.250. The molecule has 1 aliphatic rings. The van der Waals surface area contributed by atoms with Gasteiger partial charge in [0.1, 0.15) is 12.4 Å². The van der Waals surface area contributed by atoms with Crippen molar-refractivity contribution in [3.05, 3.63) is 89.7 Å². The summed E-state index contributed by atoms with van der Waals surface area (Å²) >= 11 is 0. The van der Waals surface area contributed by atoms with Crippen LogP contribution in [0.2, 0.25) is 0 Å². The van der Waals surface area contributed by atoms with E-state index in [-0.39, 0.29) is 37.7 Å². The molecular formula is C28H29N5O6. The first-order valence-electron chi connectivity index (χ1n) is 12.3. The molecule has 0 fully saturated rings. The van der Waals surface area contributed by atoms with Gasteiger partial charge in [-0.05, 0) is 35.4 Å². The van der Waals surface area contributed by atoms with Crippen LogP contribution in [0, 0.1) is 0 Å².